The molecule has 192 valence electrons. The van der Waals surface area contributed by atoms with Crippen molar-refractivity contribution in [2.75, 3.05) is 23.4 Å². The smallest absolute Gasteiger partial charge is 0.262 e. The van der Waals surface area contributed by atoms with Crippen molar-refractivity contribution in [1.29, 1.82) is 0 Å². The number of hydrogen-bond donors (Lipinski definition) is 2. The molecule has 9 heteroatoms. The van der Waals surface area contributed by atoms with Crippen LogP contribution in [0.25, 0.3) is 0 Å². The minimum atomic E-state index is -0.655. The van der Waals surface area contributed by atoms with Gasteiger partial charge >= 0.3 is 0 Å². The molecule has 1 fully saturated rings. The number of carbonyl (C=O) groups is 3. The van der Waals surface area contributed by atoms with Crippen LogP contribution in [0, 0.1) is 13.8 Å². The Morgan fingerprint density at radius 1 is 1.00 bits per heavy atom. The molecule has 0 saturated carbocycles. The molecule has 3 aromatic carbocycles. The van der Waals surface area contributed by atoms with Gasteiger partial charge in [0.2, 0.25) is 5.91 Å². The number of piperidine rings is 1. The SMILES string of the molecule is Cc1cc(Br)cc(C)c1N1CCCC(NC(=O)c2ccccc2OCC(=O)Nc2ccc(Br)cc2)C1=O. The van der Waals surface area contributed by atoms with Gasteiger partial charge in [-0.2, -0.15) is 0 Å². The van der Waals surface area contributed by atoms with Crippen molar-refractivity contribution in [3.05, 3.63) is 86.3 Å². The number of rotatable bonds is 7. The fraction of sp³-hybridized carbons (Fsp3) is 0.250. The van der Waals surface area contributed by atoms with Crippen LogP contribution in [0.4, 0.5) is 11.4 Å². The Kier molecular flexibility index (Phi) is 8.66. The van der Waals surface area contributed by atoms with Crippen LogP contribution in [0.2, 0.25) is 0 Å². The molecule has 3 aromatic rings. The fourth-order valence-electron chi connectivity index (χ4n) is 4.45. The lowest BCUT2D eigenvalue weighted by atomic mass is 10.00. The summed E-state index contributed by atoms with van der Waals surface area (Å²) in [5, 5.41) is 5.64. The highest BCUT2D eigenvalue weighted by atomic mass is 79.9. The summed E-state index contributed by atoms with van der Waals surface area (Å²) in [6, 6.07) is 17.2. The second-order valence-electron chi connectivity index (χ2n) is 8.89. The summed E-state index contributed by atoms with van der Waals surface area (Å²) in [6.45, 7) is 4.28. The van der Waals surface area contributed by atoms with Crippen molar-refractivity contribution in [3.8, 4) is 5.75 Å². The normalized spacial score (nSPS) is 15.3. The van der Waals surface area contributed by atoms with E-state index in [4.69, 9.17) is 4.74 Å². The molecule has 1 aliphatic heterocycles. The Bertz CT molecular complexity index is 1300. The predicted molar refractivity (Wildman–Crippen MR) is 151 cm³/mol. The Morgan fingerprint density at radius 2 is 1.68 bits per heavy atom. The number of hydrogen-bond acceptors (Lipinski definition) is 4. The van der Waals surface area contributed by atoms with E-state index in [1.54, 1.807) is 41.3 Å². The van der Waals surface area contributed by atoms with E-state index in [0.29, 0.717) is 18.7 Å². The molecule has 0 bridgehead atoms. The van der Waals surface area contributed by atoms with Crippen molar-refractivity contribution >= 4 is 61.0 Å². The van der Waals surface area contributed by atoms with Crippen LogP contribution < -0.4 is 20.3 Å². The first-order valence-corrected chi connectivity index (χ1v) is 13.5. The predicted octanol–water partition coefficient (Wildman–Crippen LogP) is 5.77. The van der Waals surface area contributed by atoms with Gasteiger partial charge in [0.05, 0.1) is 5.56 Å². The molecule has 0 aromatic heterocycles. The third kappa shape index (κ3) is 6.59. The molecule has 2 N–H and O–H groups in total. The summed E-state index contributed by atoms with van der Waals surface area (Å²) < 4.78 is 7.55. The fourth-order valence-corrected chi connectivity index (χ4v) is 5.40. The Balaban J connectivity index is 1.42. The Morgan fingerprint density at radius 3 is 2.38 bits per heavy atom. The Hall–Kier alpha value is -3.17. The summed E-state index contributed by atoms with van der Waals surface area (Å²) >= 11 is 6.86. The van der Waals surface area contributed by atoms with Crippen LogP contribution in [0.1, 0.15) is 34.3 Å². The molecule has 1 atom stereocenters. The largest absolute Gasteiger partial charge is 0.483 e. The monoisotopic (exact) mass is 627 g/mol. The first kappa shape index (κ1) is 26.9. The minimum absolute atomic E-state index is 0.139. The van der Waals surface area contributed by atoms with E-state index in [0.717, 1.165) is 32.2 Å². The number of ether oxygens (including phenoxy) is 1. The third-order valence-electron chi connectivity index (χ3n) is 6.09. The zero-order valence-electron chi connectivity index (χ0n) is 20.5. The van der Waals surface area contributed by atoms with Gasteiger partial charge in [0.25, 0.3) is 11.8 Å². The molecule has 4 rings (SSSR count). The van der Waals surface area contributed by atoms with E-state index in [9.17, 15) is 14.4 Å². The summed E-state index contributed by atoms with van der Waals surface area (Å²) in [6.07, 6.45) is 1.31. The summed E-state index contributed by atoms with van der Waals surface area (Å²) in [5.74, 6) is -0.643. The third-order valence-corrected chi connectivity index (χ3v) is 7.07. The van der Waals surface area contributed by atoms with Gasteiger partial charge in [0.1, 0.15) is 11.8 Å². The second-order valence-corrected chi connectivity index (χ2v) is 10.7. The summed E-state index contributed by atoms with van der Waals surface area (Å²) in [4.78, 5) is 40.7. The number of benzene rings is 3. The molecule has 0 radical (unpaired) electrons. The van der Waals surface area contributed by atoms with Crippen LogP contribution in [-0.2, 0) is 9.59 Å². The molecule has 0 aliphatic carbocycles. The van der Waals surface area contributed by atoms with Gasteiger partial charge in [0, 0.05) is 26.9 Å². The van der Waals surface area contributed by atoms with Gasteiger partial charge < -0.3 is 20.3 Å². The summed E-state index contributed by atoms with van der Waals surface area (Å²) in [7, 11) is 0. The van der Waals surface area contributed by atoms with Gasteiger partial charge in [-0.15, -0.1) is 0 Å². The van der Waals surface area contributed by atoms with Crippen molar-refractivity contribution < 1.29 is 19.1 Å². The average molecular weight is 629 g/mol. The number of carbonyl (C=O) groups excluding carboxylic acids is 3. The van der Waals surface area contributed by atoms with Crippen molar-refractivity contribution in [3.63, 3.8) is 0 Å². The molecule has 1 unspecified atom stereocenters. The molecule has 3 amide bonds. The number of nitrogens with one attached hydrogen (secondary N) is 2. The van der Waals surface area contributed by atoms with E-state index in [-0.39, 0.29) is 29.7 Å². The van der Waals surface area contributed by atoms with E-state index in [2.05, 4.69) is 42.5 Å². The first-order chi connectivity index (χ1) is 17.7. The van der Waals surface area contributed by atoms with E-state index in [1.807, 2.05) is 38.1 Å². The maximum absolute atomic E-state index is 13.4. The van der Waals surface area contributed by atoms with E-state index >= 15 is 0 Å². The van der Waals surface area contributed by atoms with Crippen molar-refractivity contribution in [1.82, 2.24) is 5.32 Å². The van der Waals surface area contributed by atoms with Crippen molar-refractivity contribution in [2.45, 2.75) is 32.7 Å². The quantitative estimate of drug-likeness (QED) is 0.348. The van der Waals surface area contributed by atoms with Gasteiger partial charge in [-0.25, -0.2) is 0 Å². The number of halogens is 2. The molecular weight excluding hydrogens is 602 g/mol. The molecule has 0 spiro atoms. The zero-order chi connectivity index (χ0) is 26.5. The number of nitrogens with zero attached hydrogens (tertiary/aromatic N) is 1. The zero-order valence-corrected chi connectivity index (χ0v) is 23.7. The van der Waals surface area contributed by atoms with Crippen LogP contribution in [0.3, 0.4) is 0 Å². The van der Waals surface area contributed by atoms with Gasteiger partial charge in [-0.05, 0) is 86.3 Å². The molecule has 7 nitrogen and oxygen atoms in total. The highest BCUT2D eigenvalue weighted by Crippen LogP contribution is 2.31. The minimum Gasteiger partial charge on any atom is -0.483 e. The molecule has 1 heterocycles. The lowest BCUT2D eigenvalue weighted by molar-refractivity contribution is -0.121. The van der Waals surface area contributed by atoms with Gasteiger partial charge in [-0.1, -0.05) is 44.0 Å². The lowest BCUT2D eigenvalue weighted by Gasteiger charge is -2.34. The van der Waals surface area contributed by atoms with Crippen LogP contribution in [-0.4, -0.2) is 36.9 Å². The molecule has 37 heavy (non-hydrogen) atoms. The van der Waals surface area contributed by atoms with Gasteiger partial charge in [-0.3, -0.25) is 14.4 Å². The number of para-hydroxylation sites is 1. The highest BCUT2D eigenvalue weighted by Gasteiger charge is 2.33. The van der Waals surface area contributed by atoms with Crippen LogP contribution in [0.5, 0.6) is 5.75 Å². The average Bonchev–Trinajstić information content (AvgIpc) is 2.86. The first-order valence-electron chi connectivity index (χ1n) is 11.9. The molecule has 1 saturated heterocycles. The van der Waals surface area contributed by atoms with Crippen LogP contribution >= 0.6 is 31.9 Å². The van der Waals surface area contributed by atoms with Gasteiger partial charge in [0.15, 0.2) is 6.61 Å². The molecular formula is C28H27Br2N3O4. The topological polar surface area (TPSA) is 87.7 Å². The second kappa shape index (κ2) is 11.9. The van der Waals surface area contributed by atoms with E-state index in [1.165, 1.54) is 0 Å². The maximum Gasteiger partial charge on any atom is 0.262 e. The van der Waals surface area contributed by atoms with Crippen molar-refractivity contribution in [2.24, 2.45) is 0 Å². The molecule has 1 aliphatic rings. The van der Waals surface area contributed by atoms with E-state index < -0.39 is 11.9 Å². The standard InChI is InChI=1S/C28H27Br2N3O4/c1-17-14-20(30)15-18(2)26(17)33-13-5-7-23(28(33)36)32-27(35)22-6-3-4-8-24(22)37-16-25(34)31-21-11-9-19(29)10-12-21/h3-4,6,8-12,14-15,23H,5,7,13,16H2,1-2H3,(H,31,34)(H,32,35). The highest BCUT2D eigenvalue weighted by molar-refractivity contribution is 9.10. The van der Waals surface area contributed by atoms with Crippen LogP contribution in [0.15, 0.2) is 69.6 Å². The Labute approximate surface area is 232 Å². The number of amides is 3. The maximum atomic E-state index is 13.4. The lowest BCUT2D eigenvalue weighted by Crippen LogP contribution is -2.52. The summed E-state index contributed by atoms with van der Waals surface area (Å²) in [5.41, 5.74) is 3.77. The number of aryl methyl sites for hydroxylation is 2. The number of anilines is 2.